The summed E-state index contributed by atoms with van der Waals surface area (Å²) in [5.41, 5.74) is -0.186. The molecular formula is C15H18N2O4. The first kappa shape index (κ1) is 15.0. The summed E-state index contributed by atoms with van der Waals surface area (Å²) < 4.78 is 4.89. The van der Waals surface area contributed by atoms with E-state index in [0.717, 1.165) is 5.56 Å². The number of urea groups is 1. The Kier molecular flexibility index (Phi) is 4.57. The van der Waals surface area contributed by atoms with Gasteiger partial charge in [-0.3, -0.25) is 14.9 Å². The van der Waals surface area contributed by atoms with Gasteiger partial charge in [0.2, 0.25) is 0 Å². The third-order valence-corrected chi connectivity index (χ3v) is 3.45. The molecule has 1 aromatic rings. The van der Waals surface area contributed by atoms with Crippen LogP contribution in [0.25, 0.3) is 0 Å². The van der Waals surface area contributed by atoms with Gasteiger partial charge in [-0.1, -0.05) is 30.3 Å². The second-order valence-electron chi connectivity index (χ2n) is 4.96. The zero-order chi connectivity index (χ0) is 15.3. The van der Waals surface area contributed by atoms with Crippen LogP contribution >= 0.6 is 0 Å². The van der Waals surface area contributed by atoms with Crippen LogP contribution in [0.3, 0.4) is 0 Å². The molecule has 112 valence electrons. The van der Waals surface area contributed by atoms with Crippen molar-refractivity contribution in [3.8, 4) is 0 Å². The summed E-state index contributed by atoms with van der Waals surface area (Å²) in [6, 6.07) is 9.01. The second-order valence-corrected chi connectivity index (χ2v) is 4.96. The zero-order valence-electron chi connectivity index (χ0n) is 11.8. The van der Waals surface area contributed by atoms with Crippen LogP contribution in [0, 0.1) is 0 Å². The van der Waals surface area contributed by atoms with Crippen molar-refractivity contribution in [2.24, 2.45) is 0 Å². The predicted octanol–water partition coefficient (Wildman–Crippen LogP) is 1.15. The van der Waals surface area contributed by atoms with Crippen LogP contribution < -0.4 is 10.6 Å². The molecule has 2 rings (SSSR count). The standard InChI is InChI=1S/C15H18N2O4/c1-2-21-12(18)10-15(13(19)16-14(20)17-15)9-8-11-6-4-3-5-7-11/h3-7H,2,8-10H2,1H3,(H2,16,17,19,20). The third-order valence-electron chi connectivity index (χ3n) is 3.45. The van der Waals surface area contributed by atoms with Gasteiger partial charge in [0, 0.05) is 0 Å². The molecule has 1 aliphatic rings. The van der Waals surface area contributed by atoms with Crippen molar-refractivity contribution >= 4 is 17.9 Å². The highest BCUT2D eigenvalue weighted by Gasteiger charge is 2.47. The molecule has 0 aromatic heterocycles. The Labute approximate surface area is 122 Å². The molecule has 1 unspecified atom stereocenters. The fourth-order valence-corrected chi connectivity index (χ4v) is 2.38. The summed E-state index contributed by atoms with van der Waals surface area (Å²) in [6.45, 7) is 1.94. The molecule has 3 amide bonds. The number of carbonyl (C=O) groups is 3. The maximum atomic E-state index is 12.1. The lowest BCUT2D eigenvalue weighted by molar-refractivity contribution is -0.147. The molecule has 1 heterocycles. The average molecular weight is 290 g/mol. The number of rotatable bonds is 6. The maximum Gasteiger partial charge on any atom is 0.322 e. The fourth-order valence-electron chi connectivity index (χ4n) is 2.38. The number of nitrogens with one attached hydrogen (secondary N) is 2. The zero-order valence-corrected chi connectivity index (χ0v) is 11.8. The smallest absolute Gasteiger partial charge is 0.322 e. The average Bonchev–Trinajstić information content (AvgIpc) is 2.72. The van der Waals surface area contributed by atoms with E-state index in [1.165, 1.54) is 0 Å². The monoisotopic (exact) mass is 290 g/mol. The van der Waals surface area contributed by atoms with E-state index in [4.69, 9.17) is 4.74 Å². The lowest BCUT2D eigenvalue weighted by Gasteiger charge is -2.24. The lowest BCUT2D eigenvalue weighted by atomic mass is 9.88. The van der Waals surface area contributed by atoms with Crippen molar-refractivity contribution in [1.29, 1.82) is 0 Å². The fraction of sp³-hybridized carbons (Fsp3) is 0.400. The number of hydrogen-bond acceptors (Lipinski definition) is 4. The van der Waals surface area contributed by atoms with Crippen LogP contribution in [0.2, 0.25) is 0 Å². The van der Waals surface area contributed by atoms with Crippen molar-refractivity contribution in [3.63, 3.8) is 0 Å². The number of carbonyl (C=O) groups excluding carboxylic acids is 3. The molecule has 0 spiro atoms. The van der Waals surface area contributed by atoms with Gasteiger partial charge < -0.3 is 10.1 Å². The Balaban J connectivity index is 2.11. The summed E-state index contributed by atoms with van der Waals surface area (Å²) in [6.07, 6.45) is 0.757. The number of ether oxygens (including phenoxy) is 1. The Morgan fingerprint density at radius 1 is 1.24 bits per heavy atom. The first-order valence-electron chi connectivity index (χ1n) is 6.89. The molecule has 1 aliphatic heterocycles. The SMILES string of the molecule is CCOC(=O)CC1(CCc2ccccc2)NC(=O)NC1=O. The summed E-state index contributed by atoms with van der Waals surface area (Å²) in [5, 5.41) is 4.77. The molecule has 1 aromatic carbocycles. The molecule has 21 heavy (non-hydrogen) atoms. The number of imide groups is 1. The van der Waals surface area contributed by atoms with Gasteiger partial charge in [0.1, 0.15) is 5.54 Å². The van der Waals surface area contributed by atoms with Crippen LogP contribution in [0.5, 0.6) is 0 Å². The Morgan fingerprint density at radius 2 is 1.95 bits per heavy atom. The van der Waals surface area contributed by atoms with Crippen LogP contribution in [0.15, 0.2) is 30.3 Å². The Bertz CT molecular complexity index is 544. The molecule has 2 N–H and O–H groups in total. The van der Waals surface area contributed by atoms with Gasteiger partial charge >= 0.3 is 12.0 Å². The summed E-state index contributed by atoms with van der Waals surface area (Å²) in [4.78, 5) is 35.2. The second kappa shape index (κ2) is 6.39. The van der Waals surface area contributed by atoms with Gasteiger partial charge in [-0.2, -0.15) is 0 Å². The van der Waals surface area contributed by atoms with Crippen molar-refractivity contribution in [1.82, 2.24) is 10.6 Å². The molecule has 6 nitrogen and oxygen atoms in total. The van der Waals surface area contributed by atoms with E-state index in [1.54, 1.807) is 6.92 Å². The summed E-state index contributed by atoms with van der Waals surface area (Å²) >= 11 is 0. The van der Waals surface area contributed by atoms with Crippen LogP contribution in [0.4, 0.5) is 4.79 Å². The highest BCUT2D eigenvalue weighted by Crippen LogP contribution is 2.23. The van der Waals surface area contributed by atoms with E-state index >= 15 is 0 Å². The highest BCUT2D eigenvalue weighted by atomic mass is 16.5. The first-order chi connectivity index (χ1) is 10.1. The molecule has 0 saturated carbocycles. The Morgan fingerprint density at radius 3 is 2.52 bits per heavy atom. The normalized spacial score (nSPS) is 20.8. The van der Waals surface area contributed by atoms with Gasteiger partial charge in [-0.05, 0) is 25.3 Å². The molecule has 1 atom stereocenters. The number of aryl methyl sites for hydroxylation is 1. The van der Waals surface area contributed by atoms with E-state index in [-0.39, 0.29) is 13.0 Å². The molecule has 1 fully saturated rings. The van der Waals surface area contributed by atoms with E-state index < -0.39 is 23.4 Å². The minimum atomic E-state index is -1.22. The van der Waals surface area contributed by atoms with Crippen molar-refractivity contribution in [2.45, 2.75) is 31.7 Å². The minimum absolute atomic E-state index is 0.161. The van der Waals surface area contributed by atoms with Gasteiger partial charge in [0.15, 0.2) is 0 Å². The van der Waals surface area contributed by atoms with E-state index in [1.807, 2.05) is 30.3 Å². The quantitative estimate of drug-likeness (QED) is 0.608. The third kappa shape index (κ3) is 3.59. The summed E-state index contributed by atoms with van der Waals surface area (Å²) in [5.74, 6) is -0.973. The number of amides is 3. The van der Waals surface area contributed by atoms with Gasteiger partial charge in [-0.25, -0.2) is 4.79 Å². The van der Waals surface area contributed by atoms with Gasteiger partial charge in [0.25, 0.3) is 5.91 Å². The maximum absolute atomic E-state index is 12.1. The van der Waals surface area contributed by atoms with Crippen molar-refractivity contribution < 1.29 is 19.1 Å². The molecule has 6 heteroatoms. The van der Waals surface area contributed by atoms with Crippen LogP contribution in [-0.4, -0.2) is 30.1 Å². The highest BCUT2D eigenvalue weighted by molar-refractivity contribution is 6.08. The summed E-state index contributed by atoms with van der Waals surface area (Å²) in [7, 11) is 0. The van der Waals surface area contributed by atoms with Crippen LogP contribution in [-0.2, 0) is 20.7 Å². The van der Waals surface area contributed by atoms with Crippen LogP contribution in [0.1, 0.15) is 25.3 Å². The van der Waals surface area contributed by atoms with Crippen molar-refractivity contribution in [2.75, 3.05) is 6.61 Å². The van der Waals surface area contributed by atoms with Crippen molar-refractivity contribution in [3.05, 3.63) is 35.9 Å². The van der Waals surface area contributed by atoms with E-state index in [0.29, 0.717) is 12.8 Å². The number of benzene rings is 1. The first-order valence-corrected chi connectivity index (χ1v) is 6.89. The van der Waals surface area contributed by atoms with E-state index in [2.05, 4.69) is 10.6 Å². The molecule has 1 saturated heterocycles. The number of esters is 1. The van der Waals surface area contributed by atoms with E-state index in [9.17, 15) is 14.4 Å². The molecule has 0 aliphatic carbocycles. The molecule has 0 bridgehead atoms. The predicted molar refractivity (Wildman–Crippen MR) is 75.4 cm³/mol. The molecular weight excluding hydrogens is 272 g/mol. The topological polar surface area (TPSA) is 84.5 Å². The molecule has 0 radical (unpaired) electrons. The largest absolute Gasteiger partial charge is 0.466 e. The number of hydrogen-bond donors (Lipinski definition) is 2. The van der Waals surface area contributed by atoms with Gasteiger partial charge in [-0.15, -0.1) is 0 Å². The Hall–Kier alpha value is -2.37. The minimum Gasteiger partial charge on any atom is -0.466 e. The van der Waals surface area contributed by atoms with Gasteiger partial charge in [0.05, 0.1) is 13.0 Å². The lowest BCUT2D eigenvalue weighted by Crippen LogP contribution is -2.49.